The van der Waals surface area contributed by atoms with E-state index in [1.165, 1.54) is 6.20 Å². The Hall–Kier alpha value is -1.98. The number of ketones is 1. The van der Waals surface area contributed by atoms with Crippen LogP contribution in [0, 0.1) is 0 Å². The van der Waals surface area contributed by atoms with Crippen LogP contribution in [0.25, 0.3) is 0 Å². The summed E-state index contributed by atoms with van der Waals surface area (Å²) in [6, 6.07) is 0. The zero-order valence-corrected chi connectivity index (χ0v) is 9.29. The summed E-state index contributed by atoms with van der Waals surface area (Å²) < 4.78 is 3.29. The van der Waals surface area contributed by atoms with Gasteiger partial charge in [-0.05, 0) is 6.42 Å². The Kier molecular flexibility index (Phi) is 2.80. The molecule has 0 atom stereocenters. The lowest BCUT2D eigenvalue weighted by Gasteiger charge is -2.03. The molecule has 6 nitrogen and oxygen atoms in total. The van der Waals surface area contributed by atoms with E-state index in [0.29, 0.717) is 18.1 Å². The van der Waals surface area contributed by atoms with E-state index < -0.39 is 0 Å². The van der Waals surface area contributed by atoms with Gasteiger partial charge in [-0.3, -0.25) is 4.79 Å². The van der Waals surface area contributed by atoms with Crippen molar-refractivity contribution in [2.24, 2.45) is 7.05 Å². The third-order valence-corrected chi connectivity index (χ3v) is 2.31. The summed E-state index contributed by atoms with van der Waals surface area (Å²) in [4.78, 5) is 16.1. The number of rotatable bonds is 4. The molecule has 0 saturated heterocycles. The number of aryl methyl sites for hydroxylation is 2. The normalized spacial score (nSPS) is 10.6. The maximum Gasteiger partial charge on any atom is 0.248 e. The van der Waals surface area contributed by atoms with E-state index >= 15 is 0 Å². The molecule has 0 amide bonds. The fourth-order valence-corrected chi connectivity index (χ4v) is 1.51. The molecular formula is C10H13N5O. The first-order chi connectivity index (χ1) is 7.74. The summed E-state index contributed by atoms with van der Waals surface area (Å²) in [7, 11) is 1.79. The van der Waals surface area contributed by atoms with Crippen LogP contribution in [0.15, 0.2) is 18.6 Å². The number of carbonyl (C=O) groups excluding carboxylic acids is 1. The minimum absolute atomic E-state index is 0.147. The number of hydrogen-bond donors (Lipinski definition) is 0. The molecule has 0 aromatic carbocycles. The first-order valence-corrected chi connectivity index (χ1v) is 5.14. The standard InChI is InChI=1S/C10H13N5O/c1-3-5-15-8(7-12-13-15)9(16)10-11-4-6-14(10)2/h4,6-7H,3,5H2,1-2H3. The molecule has 0 aliphatic rings. The highest BCUT2D eigenvalue weighted by Crippen LogP contribution is 2.06. The van der Waals surface area contributed by atoms with Crippen molar-refractivity contribution in [1.82, 2.24) is 24.5 Å². The van der Waals surface area contributed by atoms with Crippen molar-refractivity contribution in [3.05, 3.63) is 30.1 Å². The molecule has 2 rings (SSSR count). The number of imidazole rings is 1. The molecule has 0 N–H and O–H groups in total. The first-order valence-electron chi connectivity index (χ1n) is 5.14. The Labute approximate surface area is 92.9 Å². The smallest absolute Gasteiger partial charge is 0.248 e. The second-order valence-electron chi connectivity index (χ2n) is 3.53. The fourth-order valence-electron chi connectivity index (χ4n) is 1.51. The van der Waals surface area contributed by atoms with Gasteiger partial charge >= 0.3 is 0 Å². The lowest BCUT2D eigenvalue weighted by Crippen LogP contribution is -2.15. The SMILES string of the molecule is CCCn1nncc1C(=O)c1nccn1C. The predicted molar refractivity (Wildman–Crippen MR) is 57.0 cm³/mol. The quantitative estimate of drug-likeness (QED) is 0.708. The van der Waals surface area contributed by atoms with Crippen molar-refractivity contribution in [2.45, 2.75) is 19.9 Å². The van der Waals surface area contributed by atoms with Crippen LogP contribution in [0.3, 0.4) is 0 Å². The minimum Gasteiger partial charge on any atom is -0.331 e. The van der Waals surface area contributed by atoms with Gasteiger partial charge < -0.3 is 4.57 Å². The Morgan fingerprint density at radius 1 is 1.50 bits per heavy atom. The van der Waals surface area contributed by atoms with Gasteiger partial charge in [0.25, 0.3) is 0 Å². The van der Waals surface area contributed by atoms with Gasteiger partial charge in [0, 0.05) is 26.0 Å². The van der Waals surface area contributed by atoms with E-state index in [1.807, 2.05) is 6.92 Å². The predicted octanol–water partition coefficient (Wildman–Crippen LogP) is 0.653. The highest BCUT2D eigenvalue weighted by atomic mass is 16.1. The molecule has 2 aromatic heterocycles. The van der Waals surface area contributed by atoms with Gasteiger partial charge in [0.1, 0.15) is 5.69 Å². The summed E-state index contributed by atoms with van der Waals surface area (Å²) >= 11 is 0. The van der Waals surface area contributed by atoms with Crippen molar-refractivity contribution in [3.63, 3.8) is 0 Å². The lowest BCUT2D eigenvalue weighted by molar-refractivity contribution is 0.101. The molecule has 84 valence electrons. The van der Waals surface area contributed by atoms with E-state index in [1.54, 1.807) is 28.7 Å². The zero-order valence-electron chi connectivity index (χ0n) is 9.29. The second-order valence-corrected chi connectivity index (χ2v) is 3.53. The zero-order chi connectivity index (χ0) is 11.5. The molecule has 0 saturated carbocycles. The number of nitrogens with zero attached hydrogens (tertiary/aromatic N) is 5. The summed E-state index contributed by atoms with van der Waals surface area (Å²) in [6.45, 7) is 2.71. The average Bonchev–Trinajstić information content (AvgIpc) is 2.87. The molecule has 0 spiro atoms. The van der Waals surface area contributed by atoms with Crippen LogP contribution in [0.1, 0.15) is 29.7 Å². The molecule has 0 aliphatic carbocycles. The van der Waals surface area contributed by atoms with Crippen molar-refractivity contribution in [3.8, 4) is 0 Å². The molecule has 0 radical (unpaired) electrons. The third-order valence-electron chi connectivity index (χ3n) is 2.31. The van der Waals surface area contributed by atoms with Crippen molar-refractivity contribution in [1.29, 1.82) is 0 Å². The van der Waals surface area contributed by atoms with Gasteiger partial charge in [-0.25, -0.2) is 9.67 Å². The van der Waals surface area contributed by atoms with E-state index in [-0.39, 0.29) is 5.78 Å². The monoisotopic (exact) mass is 219 g/mol. The molecule has 6 heteroatoms. The van der Waals surface area contributed by atoms with Gasteiger partial charge in [-0.1, -0.05) is 12.1 Å². The Bertz CT molecular complexity index is 499. The Morgan fingerprint density at radius 2 is 2.31 bits per heavy atom. The third kappa shape index (κ3) is 1.73. The van der Waals surface area contributed by atoms with Gasteiger partial charge in [-0.15, -0.1) is 5.10 Å². The van der Waals surface area contributed by atoms with Crippen molar-refractivity contribution in [2.75, 3.05) is 0 Å². The summed E-state index contributed by atoms with van der Waals surface area (Å²) in [6.07, 6.45) is 5.72. The molecule has 0 aliphatic heterocycles. The first kappa shape index (κ1) is 10.5. The second kappa shape index (κ2) is 4.26. The van der Waals surface area contributed by atoms with Crippen molar-refractivity contribution >= 4 is 5.78 Å². The van der Waals surface area contributed by atoms with Crippen LogP contribution >= 0.6 is 0 Å². The molecule has 0 unspecified atom stereocenters. The van der Waals surface area contributed by atoms with Gasteiger partial charge in [0.15, 0.2) is 5.82 Å². The summed E-state index contributed by atoms with van der Waals surface area (Å²) in [5, 5.41) is 7.63. The van der Waals surface area contributed by atoms with Crippen LogP contribution in [-0.4, -0.2) is 30.3 Å². The highest BCUT2D eigenvalue weighted by molar-refractivity contribution is 6.05. The molecular weight excluding hydrogens is 206 g/mol. The van der Waals surface area contributed by atoms with Gasteiger partial charge in [0.05, 0.1) is 6.20 Å². The molecule has 2 heterocycles. The molecule has 0 fully saturated rings. The van der Waals surface area contributed by atoms with E-state index in [4.69, 9.17) is 0 Å². The van der Waals surface area contributed by atoms with E-state index in [9.17, 15) is 4.79 Å². The lowest BCUT2D eigenvalue weighted by atomic mass is 10.3. The van der Waals surface area contributed by atoms with E-state index in [2.05, 4.69) is 15.3 Å². The topological polar surface area (TPSA) is 65.6 Å². The molecule has 0 bridgehead atoms. The maximum atomic E-state index is 12.1. The number of aromatic nitrogens is 5. The van der Waals surface area contributed by atoms with Gasteiger partial charge in [-0.2, -0.15) is 0 Å². The Morgan fingerprint density at radius 3 is 2.94 bits per heavy atom. The maximum absolute atomic E-state index is 12.1. The van der Waals surface area contributed by atoms with E-state index in [0.717, 1.165) is 6.42 Å². The van der Waals surface area contributed by atoms with Crippen LogP contribution in [0.4, 0.5) is 0 Å². The number of hydrogen-bond acceptors (Lipinski definition) is 4. The van der Waals surface area contributed by atoms with Crippen LogP contribution < -0.4 is 0 Å². The summed E-state index contributed by atoms with van der Waals surface area (Å²) in [5.41, 5.74) is 0.483. The largest absolute Gasteiger partial charge is 0.331 e. The van der Waals surface area contributed by atoms with Crippen LogP contribution in [0.2, 0.25) is 0 Å². The molecule has 16 heavy (non-hydrogen) atoms. The molecule has 2 aromatic rings. The van der Waals surface area contributed by atoms with Gasteiger partial charge in [0.2, 0.25) is 5.78 Å². The fraction of sp³-hybridized carbons (Fsp3) is 0.400. The average molecular weight is 219 g/mol. The van der Waals surface area contributed by atoms with Crippen LogP contribution in [-0.2, 0) is 13.6 Å². The Balaban J connectivity index is 2.34. The van der Waals surface area contributed by atoms with Crippen molar-refractivity contribution < 1.29 is 4.79 Å². The minimum atomic E-state index is -0.147. The highest BCUT2D eigenvalue weighted by Gasteiger charge is 2.18. The number of carbonyl (C=O) groups is 1. The van der Waals surface area contributed by atoms with Crippen LogP contribution in [0.5, 0.6) is 0 Å². The summed E-state index contributed by atoms with van der Waals surface area (Å²) in [5.74, 6) is 0.255.